The van der Waals surface area contributed by atoms with Gasteiger partial charge >= 0.3 is 0 Å². The van der Waals surface area contributed by atoms with Crippen LogP contribution in [0.15, 0.2) is 24.3 Å². The summed E-state index contributed by atoms with van der Waals surface area (Å²) in [5.74, 6) is -0.536. The predicted molar refractivity (Wildman–Crippen MR) is 66.0 cm³/mol. The second-order valence-corrected chi connectivity index (χ2v) is 3.97. The summed E-state index contributed by atoms with van der Waals surface area (Å²) in [5.41, 5.74) is 14.3. The van der Waals surface area contributed by atoms with E-state index >= 15 is 0 Å². The van der Waals surface area contributed by atoms with E-state index in [0.717, 1.165) is 17.1 Å². The molecule has 0 aliphatic rings. The Bertz CT molecular complexity index is 586. The Morgan fingerprint density at radius 3 is 2.53 bits per heavy atom. The van der Waals surface area contributed by atoms with Crippen LogP contribution in [0, 0.1) is 13.8 Å². The van der Waals surface area contributed by atoms with Crippen LogP contribution in [0.4, 0.5) is 5.69 Å². The molecule has 0 saturated heterocycles. The number of aryl methyl sites for hydroxylation is 2. The molecular formula is C12H14N4O. The summed E-state index contributed by atoms with van der Waals surface area (Å²) >= 11 is 0. The van der Waals surface area contributed by atoms with E-state index in [1.165, 1.54) is 0 Å². The minimum Gasteiger partial charge on any atom is -0.398 e. The zero-order chi connectivity index (χ0) is 12.6. The number of amides is 1. The lowest BCUT2D eigenvalue weighted by atomic mass is 10.1. The summed E-state index contributed by atoms with van der Waals surface area (Å²) in [6.45, 7) is 3.86. The lowest BCUT2D eigenvalue weighted by molar-refractivity contribution is 0.100. The van der Waals surface area contributed by atoms with E-state index in [2.05, 4.69) is 5.10 Å². The van der Waals surface area contributed by atoms with Crippen LogP contribution in [0.1, 0.15) is 21.7 Å². The van der Waals surface area contributed by atoms with Gasteiger partial charge in [-0.2, -0.15) is 5.10 Å². The van der Waals surface area contributed by atoms with E-state index in [9.17, 15) is 4.79 Å². The number of nitrogens with zero attached hydrogens (tertiary/aromatic N) is 2. The van der Waals surface area contributed by atoms with Crippen molar-refractivity contribution in [3.05, 3.63) is 41.2 Å². The Balaban J connectivity index is 2.57. The number of hydrogen-bond donors (Lipinski definition) is 2. The molecule has 0 fully saturated rings. The van der Waals surface area contributed by atoms with Gasteiger partial charge in [-0.25, -0.2) is 4.68 Å². The average Bonchev–Trinajstić information content (AvgIpc) is 2.58. The van der Waals surface area contributed by atoms with Gasteiger partial charge in [0.1, 0.15) is 0 Å². The number of rotatable bonds is 2. The van der Waals surface area contributed by atoms with Crippen molar-refractivity contribution >= 4 is 11.6 Å². The number of anilines is 1. The Kier molecular flexibility index (Phi) is 2.59. The number of nitrogens with two attached hydrogens (primary N) is 2. The molecule has 0 radical (unpaired) electrons. The lowest BCUT2D eigenvalue weighted by Crippen LogP contribution is -2.14. The molecule has 0 spiro atoms. The Hall–Kier alpha value is -2.30. The van der Waals surface area contributed by atoms with Crippen molar-refractivity contribution in [2.24, 2.45) is 5.73 Å². The molecule has 0 aliphatic carbocycles. The number of primary amides is 1. The third-order valence-corrected chi connectivity index (χ3v) is 2.56. The van der Waals surface area contributed by atoms with Crippen molar-refractivity contribution in [1.29, 1.82) is 0 Å². The van der Waals surface area contributed by atoms with Gasteiger partial charge in [0.25, 0.3) is 5.91 Å². The molecule has 2 aromatic rings. The van der Waals surface area contributed by atoms with Gasteiger partial charge in [0.15, 0.2) is 0 Å². The Morgan fingerprint density at radius 2 is 2.00 bits per heavy atom. The van der Waals surface area contributed by atoms with E-state index in [1.807, 2.05) is 19.9 Å². The van der Waals surface area contributed by atoms with Gasteiger partial charge in [0.2, 0.25) is 0 Å². The van der Waals surface area contributed by atoms with E-state index < -0.39 is 5.91 Å². The first-order valence-corrected chi connectivity index (χ1v) is 5.22. The highest BCUT2D eigenvalue weighted by Crippen LogP contribution is 2.18. The number of benzene rings is 1. The Morgan fingerprint density at radius 1 is 1.29 bits per heavy atom. The summed E-state index contributed by atoms with van der Waals surface area (Å²) in [6, 6.07) is 7.07. The third-order valence-electron chi connectivity index (χ3n) is 2.56. The molecule has 4 N–H and O–H groups in total. The molecule has 17 heavy (non-hydrogen) atoms. The largest absolute Gasteiger partial charge is 0.398 e. The molecule has 1 amide bonds. The molecule has 0 aliphatic heterocycles. The second-order valence-electron chi connectivity index (χ2n) is 3.97. The molecule has 1 aromatic carbocycles. The average molecular weight is 230 g/mol. The maximum Gasteiger partial charge on any atom is 0.250 e. The van der Waals surface area contributed by atoms with Crippen LogP contribution in [0.2, 0.25) is 0 Å². The van der Waals surface area contributed by atoms with Crippen LogP contribution in [0.3, 0.4) is 0 Å². The predicted octanol–water partition coefficient (Wildman–Crippen LogP) is 1.17. The molecular weight excluding hydrogens is 216 g/mol. The smallest absolute Gasteiger partial charge is 0.250 e. The summed E-state index contributed by atoms with van der Waals surface area (Å²) in [5, 5.41) is 4.33. The summed E-state index contributed by atoms with van der Waals surface area (Å²) in [4.78, 5) is 11.2. The van der Waals surface area contributed by atoms with E-state index in [1.54, 1.807) is 22.9 Å². The molecule has 5 nitrogen and oxygen atoms in total. The standard InChI is InChI=1S/C12H14N4O/c1-7-5-8(2)16(15-7)9-3-4-11(13)10(6-9)12(14)17/h3-6H,13H2,1-2H3,(H2,14,17). The van der Waals surface area contributed by atoms with Crippen LogP contribution in [-0.4, -0.2) is 15.7 Å². The fourth-order valence-electron chi connectivity index (χ4n) is 1.78. The highest BCUT2D eigenvalue weighted by atomic mass is 16.1. The zero-order valence-electron chi connectivity index (χ0n) is 9.77. The zero-order valence-corrected chi connectivity index (χ0v) is 9.77. The van der Waals surface area contributed by atoms with Crippen LogP contribution in [-0.2, 0) is 0 Å². The first-order chi connectivity index (χ1) is 7.99. The van der Waals surface area contributed by atoms with Crippen molar-refractivity contribution in [2.45, 2.75) is 13.8 Å². The molecule has 88 valence electrons. The number of aromatic nitrogens is 2. The number of carbonyl (C=O) groups excluding carboxylic acids is 1. The van der Waals surface area contributed by atoms with Crippen LogP contribution in [0.5, 0.6) is 0 Å². The van der Waals surface area contributed by atoms with Gasteiger partial charge in [-0.05, 0) is 38.1 Å². The molecule has 1 aromatic heterocycles. The fraction of sp³-hybridized carbons (Fsp3) is 0.167. The minimum atomic E-state index is -0.536. The second kappa shape index (κ2) is 3.93. The van der Waals surface area contributed by atoms with Crippen molar-refractivity contribution in [3.63, 3.8) is 0 Å². The van der Waals surface area contributed by atoms with Gasteiger partial charge in [-0.3, -0.25) is 4.79 Å². The first-order valence-electron chi connectivity index (χ1n) is 5.22. The van der Waals surface area contributed by atoms with Crippen LogP contribution in [0.25, 0.3) is 5.69 Å². The Labute approximate surface area is 99.0 Å². The van der Waals surface area contributed by atoms with Crippen LogP contribution < -0.4 is 11.5 Å². The van der Waals surface area contributed by atoms with Gasteiger partial charge in [-0.1, -0.05) is 0 Å². The van der Waals surface area contributed by atoms with Gasteiger partial charge in [0, 0.05) is 11.4 Å². The van der Waals surface area contributed by atoms with Crippen molar-refractivity contribution in [3.8, 4) is 5.69 Å². The van der Waals surface area contributed by atoms with Crippen molar-refractivity contribution < 1.29 is 4.79 Å². The number of carbonyl (C=O) groups is 1. The van der Waals surface area contributed by atoms with E-state index in [-0.39, 0.29) is 0 Å². The van der Waals surface area contributed by atoms with Gasteiger partial charge < -0.3 is 11.5 Å². The normalized spacial score (nSPS) is 10.5. The minimum absolute atomic E-state index is 0.315. The first kappa shape index (κ1) is 11.2. The molecule has 5 heteroatoms. The topological polar surface area (TPSA) is 86.9 Å². The van der Waals surface area contributed by atoms with Gasteiger partial charge in [-0.15, -0.1) is 0 Å². The monoisotopic (exact) mass is 230 g/mol. The summed E-state index contributed by atoms with van der Waals surface area (Å²) in [7, 11) is 0. The maximum atomic E-state index is 11.2. The lowest BCUT2D eigenvalue weighted by Gasteiger charge is -2.07. The van der Waals surface area contributed by atoms with Crippen molar-refractivity contribution in [1.82, 2.24) is 9.78 Å². The highest BCUT2D eigenvalue weighted by molar-refractivity contribution is 5.98. The number of nitrogen functional groups attached to an aromatic ring is 1. The molecule has 2 rings (SSSR count). The molecule has 0 unspecified atom stereocenters. The molecule has 0 saturated carbocycles. The van der Waals surface area contributed by atoms with E-state index in [0.29, 0.717) is 11.3 Å². The van der Waals surface area contributed by atoms with Crippen molar-refractivity contribution in [2.75, 3.05) is 5.73 Å². The van der Waals surface area contributed by atoms with Crippen LogP contribution >= 0.6 is 0 Å². The SMILES string of the molecule is Cc1cc(C)n(-c2ccc(N)c(C(N)=O)c2)n1. The summed E-state index contributed by atoms with van der Waals surface area (Å²) in [6.07, 6.45) is 0. The van der Waals surface area contributed by atoms with Gasteiger partial charge in [0.05, 0.1) is 16.9 Å². The molecule has 0 atom stereocenters. The fourth-order valence-corrected chi connectivity index (χ4v) is 1.78. The molecule has 0 bridgehead atoms. The third kappa shape index (κ3) is 1.99. The number of hydrogen-bond acceptors (Lipinski definition) is 3. The maximum absolute atomic E-state index is 11.2. The molecule has 1 heterocycles. The highest BCUT2D eigenvalue weighted by Gasteiger charge is 2.09. The summed E-state index contributed by atoms with van der Waals surface area (Å²) < 4.78 is 1.75. The van der Waals surface area contributed by atoms with E-state index in [4.69, 9.17) is 11.5 Å². The quantitative estimate of drug-likeness (QED) is 0.759.